The number of hydrogen-bond acceptors (Lipinski definition) is 5. The van der Waals surface area contributed by atoms with Crippen molar-refractivity contribution in [3.8, 4) is 5.88 Å². The molecule has 0 spiro atoms. The Morgan fingerprint density at radius 2 is 2.19 bits per heavy atom. The quantitative estimate of drug-likeness (QED) is 0.406. The fourth-order valence-corrected chi connectivity index (χ4v) is 1.98. The highest BCUT2D eigenvalue weighted by Crippen LogP contribution is 2.18. The van der Waals surface area contributed by atoms with Gasteiger partial charge in [-0.3, -0.25) is 0 Å². The van der Waals surface area contributed by atoms with Gasteiger partial charge in [0.1, 0.15) is 0 Å². The van der Waals surface area contributed by atoms with E-state index < -0.39 is 0 Å². The summed E-state index contributed by atoms with van der Waals surface area (Å²) in [4.78, 5) is 4.23. The maximum atomic E-state index is 9.41. The van der Waals surface area contributed by atoms with Crippen LogP contribution in [0.3, 0.4) is 0 Å². The van der Waals surface area contributed by atoms with E-state index in [-0.39, 0.29) is 0 Å². The molecule has 0 aliphatic heterocycles. The number of oxime groups is 1. The van der Waals surface area contributed by atoms with E-state index in [2.05, 4.69) is 29.1 Å². The molecule has 21 heavy (non-hydrogen) atoms. The third-order valence-corrected chi connectivity index (χ3v) is 2.87. The number of aryl methyl sites for hydroxylation is 2. The lowest BCUT2D eigenvalue weighted by atomic mass is 10.2. The minimum atomic E-state index is 0.299. The molecule has 0 aliphatic carbocycles. The van der Waals surface area contributed by atoms with Gasteiger partial charge in [0.05, 0.1) is 17.9 Å². The van der Waals surface area contributed by atoms with Crippen LogP contribution in [0.25, 0.3) is 0 Å². The molecule has 0 bridgehead atoms. The summed E-state index contributed by atoms with van der Waals surface area (Å²) in [5.74, 6) is 1.11. The van der Waals surface area contributed by atoms with E-state index in [0.29, 0.717) is 29.8 Å². The predicted octanol–water partition coefficient (Wildman–Crippen LogP) is 2.61. The molecule has 0 aromatic carbocycles. The van der Waals surface area contributed by atoms with Crippen molar-refractivity contribution in [3.05, 3.63) is 41.3 Å². The Kier molecular flexibility index (Phi) is 4.57. The standard InChI is InChI=1S/C15H20N4O2/c1-10(2)9-21-15-13(6-5-7-16-15)14(18-20)19-12(4)8-11(3)17-19/h5-8,10,20H,9H2,1-4H3/b18-14-. The summed E-state index contributed by atoms with van der Waals surface area (Å²) >= 11 is 0. The summed E-state index contributed by atoms with van der Waals surface area (Å²) in [6.45, 7) is 8.45. The zero-order chi connectivity index (χ0) is 15.4. The normalized spacial score (nSPS) is 12.0. The van der Waals surface area contributed by atoms with E-state index in [0.717, 1.165) is 11.4 Å². The van der Waals surface area contributed by atoms with E-state index in [1.54, 1.807) is 23.0 Å². The van der Waals surface area contributed by atoms with E-state index in [1.807, 2.05) is 19.9 Å². The third-order valence-electron chi connectivity index (χ3n) is 2.87. The number of ether oxygens (including phenoxy) is 1. The maximum absolute atomic E-state index is 9.41. The van der Waals surface area contributed by atoms with E-state index in [1.165, 1.54) is 0 Å². The second kappa shape index (κ2) is 6.39. The van der Waals surface area contributed by atoms with Crippen molar-refractivity contribution in [2.45, 2.75) is 27.7 Å². The molecule has 6 heteroatoms. The van der Waals surface area contributed by atoms with Crippen LogP contribution < -0.4 is 4.74 Å². The highest BCUT2D eigenvalue weighted by atomic mass is 16.5. The molecule has 0 radical (unpaired) electrons. The van der Waals surface area contributed by atoms with Crippen molar-refractivity contribution in [1.82, 2.24) is 14.8 Å². The Balaban J connectivity index is 2.41. The van der Waals surface area contributed by atoms with E-state index >= 15 is 0 Å². The van der Waals surface area contributed by atoms with Gasteiger partial charge in [0, 0.05) is 11.9 Å². The van der Waals surface area contributed by atoms with Crippen LogP contribution in [-0.4, -0.2) is 32.4 Å². The molecule has 0 unspecified atom stereocenters. The summed E-state index contributed by atoms with van der Waals surface area (Å²) in [5.41, 5.74) is 2.33. The van der Waals surface area contributed by atoms with Crippen LogP contribution in [0, 0.1) is 19.8 Å². The van der Waals surface area contributed by atoms with Crippen LogP contribution >= 0.6 is 0 Å². The molecule has 0 atom stereocenters. The summed E-state index contributed by atoms with van der Waals surface area (Å²) in [7, 11) is 0. The lowest BCUT2D eigenvalue weighted by Crippen LogP contribution is -2.19. The largest absolute Gasteiger partial charge is 0.477 e. The first-order valence-electron chi connectivity index (χ1n) is 6.86. The zero-order valence-corrected chi connectivity index (χ0v) is 12.7. The molecule has 1 N–H and O–H groups in total. The molecule has 0 saturated heterocycles. The van der Waals surface area contributed by atoms with Crippen molar-refractivity contribution in [2.75, 3.05) is 6.61 Å². The molecule has 0 saturated carbocycles. The van der Waals surface area contributed by atoms with Crippen LogP contribution in [0.15, 0.2) is 29.6 Å². The van der Waals surface area contributed by atoms with Gasteiger partial charge in [-0.05, 0) is 38.0 Å². The average Bonchev–Trinajstić information content (AvgIpc) is 2.77. The van der Waals surface area contributed by atoms with Gasteiger partial charge in [-0.25, -0.2) is 9.67 Å². The number of aromatic nitrogens is 3. The number of hydrogen-bond donors (Lipinski definition) is 1. The smallest absolute Gasteiger partial charge is 0.224 e. The molecule has 2 aromatic heterocycles. The lowest BCUT2D eigenvalue weighted by Gasteiger charge is -2.13. The summed E-state index contributed by atoms with van der Waals surface area (Å²) in [6.07, 6.45) is 1.65. The van der Waals surface area contributed by atoms with Gasteiger partial charge in [0.15, 0.2) is 0 Å². The Morgan fingerprint density at radius 1 is 1.43 bits per heavy atom. The SMILES string of the molecule is Cc1cc(C)n(/C(=N\O)c2cccnc2OCC(C)C)n1. The van der Waals surface area contributed by atoms with Crippen molar-refractivity contribution in [2.24, 2.45) is 11.1 Å². The Hall–Kier alpha value is -2.37. The topological polar surface area (TPSA) is 72.5 Å². The molecule has 0 aliphatic rings. The Labute approximate surface area is 124 Å². The maximum Gasteiger partial charge on any atom is 0.224 e. The molecule has 0 fully saturated rings. The summed E-state index contributed by atoms with van der Waals surface area (Å²) in [6, 6.07) is 5.48. The molecule has 6 nitrogen and oxygen atoms in total. The average molecular weight is 288 g/mol. The van der Waals surface area contributed by atoms with Crippen molar-refractivity contribution >= 4 is 5.84 Å². The first kappa shape index (κ1) is 15.0. The van der Waals surface area contributed by atoms with Gasteiger partial charge >= 0.3 is 0 Å². The molecular weight excluding hydrogens is 268 g/mol. The van der Waals surface area contributed by atoms with Crippen LogP contribution in [0.5, 0.6) is 5.88 Å². The van der Waals surface area contributed by atoms with Gasteiger partial charge in [0.2, 0.25) is 11.7 Å². The second-order valence-electron chi connectivity index (χ2n) is 5.32. The van der Waals surface area contributed by atoms with Crippen LogP contribution in [0.1, 0.15) is 30.8 Å². The number of pyridine rings is 1. The second-order valence-corrected chi connectivity index (χ2v) is 5.32. The minimum Gasteiger partial charge on any atom is -0.477 e. The van der Waals surface area contributed by atoms with Crippen molar-refractivity contribution < 1.29 is 9.94 Å². The highest BCUT2D eigenvalue weighted by molar-refractivity contribution is 6.01. The van der Waals surface area contributed by atoms with Gasteiger partial charge in [-0.15, -0.1) is 0 Å². The molecule has 2 rings (SSSR count). The first-order chi connectivity index (χ1) is 10.0. The lowest BCUT2D eigenvalue weighted by molar-refractivity contribution is 0.260. The number of nitrogens with zero attached hydrogens (tertiary/aromatic N) is 4. The molecule has 2 heterocycles. The Morgan fingerprint density at radius 3 is 2.76 bits per heavy atom. The Bertz CT molecular complexity index is 647. The van der Waals surface area contributed by atoms with Crippen LogP contribution in [0.4, 0.5) is 0 Å². The monoisotopic (exact) mass is 288 g/mol. The van der Waals surface area contributed by atoms with Crippen LogP contribution in [-0.2, 0) is 0 Å². The fraction of sp³-hybridized carbons (Fsp3) is 0.400. The van der Waals surface area contributed by atoms with Gasteiger partial charge in [0.25, 0.3) is 0 Å². The fourth-order valence-electron chi connectivity index (χ4n) is 1.98. The van der Waals surface area contributed by atoms with Crippen molar-refractivity contribution in [3.63, 3.8) is 0 Å². The summed E-state index contributed by atoms with van der Waals surface area (Å²) < 4.78 is 7.28. The van der Waals surface area contributed by atoms with E-state index in [4.69, 9.17) is 4.74 Å². The minimum absolute atomic E-state index is 0.299. The summed E-state index contributed by atoms with van der Waals surface area (Å²) in [5, 5.41) is 17.1. The predicted molar refractivity (Wildman–Crippen MR) is 80.0 cm³/mol. The van der Waals surface area contributed by atoms with Crippen molar-refractivity contribution in [1.29, 1.82) is 0 Å². The number of rotatable bonds is 4. The molecular formula is C15H20N4O2. The molecule has 112 valence electrons. The molecule has 0 amide bonds. The van der Waals surface area contributed by atoms with Gasteiger partial charge in [-0.1, -0.05) is 19.0 Å². The highest BCUT2D eigenvalue weighted by Gasteiger charge is 2.17. The van der Waals surface area contributed by atoms with Crippen LogP contribution in [0.2, 0.25) is 0 Å². The zero-order valence-electron chi connectivity index (χ0n) is 12.7. The third kappa shape index (κ3) is 3.39. The van der Waals surface area contributed by atoms with Gasteiger partial charge < -0.3 is 9.94 Å². The van der Waals surface area contributed by atoms with Gasteiger partial charge in [-0.2, -0.15) is 5.10 Å². The molecule has 2 aromatic rings. The van der Waals surface area contributed by atoms with E-state index in [9.17, 15) is 5.21 Å². The first-order valence-corrected chi connectivity index (χ1v) is 6.86.